The normalized spacial score (nSPS) is 25.8. The van der Waals surface area contributed by atoms with Gasteiger partial charge in [-0.2, -0.15) is 0 Å². The van der Waals surface area contributed by atoms with Gasteiger partial charge in [0.05, 0.1) is 44.5 Å². The second-order valence-corrected chi connectivity index (χ2v) is 11.0. The Hall–Kier alpha value is -2.58. The summed E-state index contributed by atoms with van der Waals surface area (Å²) in [7, 11) is 1.89. The summed E-state index contributed by atoms with van der Waals surface area (Å²) in [6.07, 6.45) is 9.90. The number of benzene rings is 2. The fourth-order valence-electron chi connectivity index (χ4n) is 6.95. The van der Waals surface area contributed by atoms with Gasteiger partial charge in [-0.05, 0) is 11.1 Å². The van der Waals surface area contributed by atoms with Gasteiger partial charge in [0, 0.05) is 45.6 Å². The molecule has 4 fully saturated rings. The maximum Gasteiger partial charge on any atom is 0.315 e. The van der Waals surface area contributed by atoms with E-state index in [0.29, 0.717) is 30.4 Å². The molecule has 4 aliphatic heterocycles. The molecule has 38 heavy (non-hydrogen) atoms. The first kappa shape index (κ1) is 27.0. The number of hydrogen-bond acceptors (Lipinski definition) is 6. The summed E-state index contributed by atoms with van der Waals surface area (Å²) in [4.78, 5) is 23.8. The third kappa shape index (κ3) is 5.30. The van der Waals surface area contributed by atoms with Gasteiger partial charge < -0.3 is 23.4 Å². The van der Waals surface area contributed by atoms with E-state index in [2.05, 4.69) is 0 Å². The van der Waals surface area contributed by atoms with E-state index in [0.717, 1.165) is 18.4 Å². The zero-order valence-corrected chi connectivity index (χ0v) is 22.3. The molecular formula is C31H40NO6+. The molecular weight excluding hydrogens is 482 g/mol. The van der Waals surface area contributed by atoms with Gasteiger partial charge in [-0.3, -0.25) is 9.59 Å². The fraction of sp³-hybridized carbons (Fsp3) is 0.548. The number of carbonyl (C=O) groups is 2. The number of nitrogens with zero attached hydrogens (tertiary/aromatic N) is 1. The lowest BCUT2D eigenvalue weighted by Crippen LogP contribution is -2.59. The number of ether oxygens (including phenoxy) is 4. The summed E-state index contributed by atoms with van der Waals surface area (Å²) in [6.45, 7) is 3.39. The third-order valence-electron chi connectivity index (χ3n) is 9.12. The van der Waals surface area contributed by atoms with Gasteiger partial charge in [-0.1, -0.05) is 60.7 Å². The highest BCUT2D eigenvalue weighted by atomic mass is 16.7. The second-order valence-electron chi connectivity index (χ2n) is 11.0. The fourth-order valence-corrected chi connectivity index (χ4v) is 6.95. The van der Waals surface area contributed by atoms with Crippen molar-refractivity contribution in [3.05, 3.63) is 71.8 Å². The van der Waals surface area contributed by atoms with Gasteiger partial charge in [0.15, 0.2) is 18.7 Å². The lowest BCUT2D eigenvalue weighted by molar-refractivity contribution is -0.956. The minimum atomic E-state index is -1.32. The topological polar surface area (TPSA) is 71.1 Å². The number of esters is 1. The average molecular weight is 523 g/mol. The molecule has 0 aliphatic carbocycles. The molecule has 0 N–H and O–H groups in total. The first-order valence-electron chi connectivity index (χ1n) is 14.0. The van der Waals surface area contributed by atoms with Crippen LogP contribution in [0.15, 0.2) is 60.7 Å². The molecule has 4 heterocycles. The van der Waals surface area contributed by atoms with Crippen LogP contribution in [0.4, 0.5) is 0 Å². The zero-order valence-electron chi connectivity index (χ0n) is 22.3. The number of aldehydes is 1. The van der Waals surface area contributed by atoms with Gasteiger partial charge in [0.25, 0.3) is 0 Å². The summed E-state index contributed by atoms with van der Waals surface area (Å²) in [5.41, 5.74) is 0.0299. The van der Waals surface area contributed by atoms with E-state index < -0.39 is 5.60 Å². The van der Waals surface area contributed by atoms with Crippen LogP contribution in [0.3, 0.4) is 0 Å². The van der Waals surface area contributed by atoms with Crippen LogP contribution in [-0.4, -0.2) is 75.1 Å². The maximum absolute atomic E-state index is 12.0. The molecule has 0 saturated carbocycles. The monoisotopic (exact) mass is 522 g/mol. The molecule has 2 bridgehead atoms. The number of methoxy groups -OCH3 is 1. The molecule has 0 amide bonds. The quantitative estimate of drug-likeness (QED) is 0.224. The predicted octanol–water partition coefficient (Wildman–Crippen LogP) is 4.23. The Morgan fingerprint density at radius 3 is 1.95 bits per heavy atom. The zero-order chi connectivity index (χ0) is 26.4. The molecule has 0 radical (unpaired) electrons. The minimum Gasteiger partial charge on any atom is -0.438 e. The first-order valence-corrected chi connectivity index (χ1v) is 14.0. The van der Waals surface area contributed by atoms with Gasteiger partial charge in [-0.25, -0.2) is 0 Å². The Morgan fingerprint density at radius 2 is 1.50 bits per heavy atom. The molecule has 2 atom stereocenters. The highest BCUT2D eigenvalue weighted by molar-refractivity contribution is 5.74. The smallest absolute Gasteiger partial charge is 0.315 e. The number of carbonyl (C=O) groups excluding carboxylic acids is 2. The van der Waals surface area contributed by atoms with Gasteiger partial charge in [0.1, 0.15) is 5.92 Å². The lowest BCUT2D eigenvalue weighted by Gasteiger charge is -2.46. The van der Waals surface area contributed by atoms with Gasteiger partial charge in [0.2, 0.25) is 0 Å². The minimum absolute atomic E-state index is 0.243. The Bertz CT molecular complexity index is 995. The van der Waals surface area contributed by atoms with Crippen molar-refractivity contribution >= 4 is 12.3 Å². The van der Waals surface area contributed by atoms with E-state index in [9.17, 15) is 9.59 Å². The van der Waals surface area contributed by atoms with E-state index in [1.54, 1.807) is 0 Å². The SMILES string of the molecule is COC1CC2CCC(C1)[N+]21CCCC1.O=CC(OCOC(=O)C1COC1)(c1ccccc1)c1ccccc1. The maximum atomic E-state index is 12.0. The molecule has 4 aliphatic rings. The molecule has 0 aromatic heterocycles. The Labute approximate surface area is 225 Å². The summed E-state index contributed by atoms with van der Waals surface area (Å²) < 4.78 is 23.0. The molecule has 2 aromatic rings. The standard InChI is InChI=1S/C19H18O5.C12H22NO/c20-13-19(16-7-3-1-4-8-16,17-9-5-2-6-10-17)24-14-23-18(21)15-11-22-12-15;1-14-12-8-10-4-5-11(9-12)13(10)6-2-3-7-13/h1-10,13,15H,11-12,14H2;10-12H,2-9H2,1H3/q;+1. The van der Waals surface area contributed by atoms with Crippen molar-refractivity contribution in [3.63, 3.8) is 0 Å². The summed E-state index contributed by atoms with van der Waals surface area (Å²) >= 11 is 0. The summed E-state index contributed by atoms with van der Waals surface area (Å²) in [5.74, 6) is -0.616. The number of piperidine rings is 1. The molecule has 7 nitrogen and oxygen atoms in total. The molecule has 1 spiro atoms. The number of quaternary nitrogens is 1. The van der Waals surface area contributed by atoms with Crippen molar-refractivity contribution < 1.29 is 33.0 Å². The van der Waals surface area contributed by atoms with E-state index in [1.165, 1.54) is 56.1 Å². The molecule has 204 valence electrons. The van der Waals surface area contributed by atoms with E-state index in [1.807, 2.05) is 67.8 Å². The molecule has 7 heteroatoms. The van der Waals surface area contributed by atoms with Crippen LogP contribution in [0.25, 0.3) is 0 Å². The molecule has 2 unspecified atom stereocenters. The Kier molecular flexibility index (Phi) is 8.58. The van der Waals surface area contributed by atoms with Crippen LogP contribution in [0.2, 0.25) is 0 Å². The van der Waals surface area contributed by atoms with Crippen molar-refractivity contribution in [1.82, 2.24) is 0 Å². The highest BCUT2D eigenvalue weighted by Crippen LogP contribution is 2.46. The van der Waals surface area contributed by atoms with Crippen LogP contribution in [0.5, 0.6) is 0 Å². The Balaban J connectivity index is 0.000000177. The van der Waals surface area contributed by atoms with Crippen molar-refractivity contribution in [1.29, 1.82) is 0 Å². The van der Waals surface area contributed by atoms with Crippen LogP contribution >= 0.6 is 0 Å². The second kappa shape index (κ2) is 12.1. The largest absolute Gasteiger partial charge is 0.438 e. The van der Waals surface area contributed by atoms with Crippen molar-refractivity contribution in [2.75, 3.05) is 40.2 Å². The first-order chi connectivity index (χ1) is 18.6. The summed E-state index contributed by atoms with van der Waals surface area (Å²) in [6, 6.07) is 20.2. The average Bonchev–Trinajstić information content (AvgIpc) is 3.47. The van der Waals surface area contributed by atoms with Crippen molar-refractivity contribution in [2.45, 2.75) is 62.3 Å². The molecule has 6 rings (SSSR count). The Morgan fingerprint density at radius 1 is 0.947 bits per heavy atom. The third-order valence-corrected chi connectivity index (χ3v) is 9.12. The number of hydrogen-bond donors (Lipinski definition) is 0. The van der Waals surface area contributed by atoms with Gasteiger partial charge in [-0.15, -0.1) is 0 Å². The van der Waals surface area contributed by atoms with Crippen LogP contribution in [0, 0.1) is 5.92 Å². The van der Waals surface area contributed by atoms with E-state index in [-0.39, 0.29) is 18.7 Å². The van der Waals surface area contributed by atoms with E-state index >= 15 is 0 Å². The number of rotatable bonds is 8. The summed E-state index contributed by atoms with van der Waals surface area (Å²) in [5, 5.41) is 0. The van der Waals surface area contributed by atoms with E-state index in [4.69, 9.17) is 18.9 Å². The van der Waals surface area contributed by atoms with Crippen LogP contribution in [-0.2, 0) is 34.1 Å². The van der Waals surface area contributed by atoms with Crippen LogP contribution < -0.4 is 0 Å². The predicted molar refractivity (Wildman–Crippen MR) is 142 cm³/mol. The molecule has 2 aromatic carbocycles. The van der Waals surface area contributed by atoms with Crippen LogP contribution in [0.1, 0.15) is 49.7 Å². The lowest BCUT2D eigenvalue weighted by atomic mass is 9.87. The molecule has 4 saturated heterocycles. The van der Waals surface area contributed by atoms with Gasteiger partial charge >= 0.3 is 5.97 Å². The highest BCUT2D eigenvalue weighted by Gasteiger charge is 2.55. The van der Waals surface area contributed by atoms with Crippen molar-refractivity contribution in [2.24, 2.45) is 5.92 Å². The van der Waals surface area contributed by atoms with Crippen molar-refractivity contribution in [3.8, 4) is 0 Å².